The number of hydrogen-bond acceptors (Lipinski definition) is 4. The predicted octanol–water partition coefficient (Wildman–Crippen LogP) is 6.22. The lowest BCUT2D eigenvalue weighted by molar-refractivity contribution is -0.124. The number of amides is 1. The molecule has 1 amide bonds. The number of benzene rings is 3. The summed E-state index contributed by atoms with van der Waals surface area (Å²) >= 11 is 0. The van der Waals surface area contributed by atoms with E-state index in [1.54, 1.807) is 6.07 Å². The number of pyridine rings is 1. The van der Waals surface area contributed by atoms with Crippen LogP contribution in [0.5, 0.6) is 0 Å². The summed E-state index contributed by atoms with van der Waals surface area (Å²) in [6, 6.07) is 23.4. The summed E-state index contributed by atoms with van der Waals surface area (Å²) in [6.45, 7) is 0.254. The van der Waals surface area contributed by atoms with Crippen molar-refractivity contribution in [3.05, 3.63) is 90.0 Å². The van der Waals surface area contributed by atoms with Crippen LogP contribution in [0.15, 0.2) is 84.4 Å². The zero-order valence-electron chi connectivity index (χ0n) is 19.6. The normalized spacial score (nSPS) is 13.4. The number of para-hydroxylation sites is 1. The zero-order chi connectivity index (χ0) is 24.0. The van der Waals surface area contributed by atoms with Crippen molar-refractivity contribution in [2.24, 2.45) is 0 Å². The van der Waals surface area contributed by atoms with Crippen LogP contribution < -0.4 is 5.32 Å². The van der Waals surface area contributed by atoms with Gasteiger partial charge in [0.05, 0.1) is 16.8 Å². The van der Waals surface area contributed by atoms with Gasteiger partial charge in [-0.2, -0.15) is 0 Å². The number of aromatic nitrogens is 1. The molecule has 1 aromatic heterocycles. The van der Waals surface area contributed by atoms with E-state index in [-0.39, 0.29) is 12.5 Å². The predicted molar refractivity (Wildman–Crippen MR) is 139 cm³/mol. The molecule has 0 bridgehead atoms. The van der Waals surface area contributed by atoms with Crippen LogP contribution in [0.25, 0.3) is 32.9 Å². The second-order valence-electron chi connectivity index (χ2n) is 8.88. The minimum atomic E-state index is -0.532. The van der Waals surface area contributed by atoms with E-state index in [1.807, 2.05) is 54.6 Å². The van der Waals surface area contributed by atoms with Gasteiger partial charge in [0.2, 0.25) is 0 Å². The third-order valence-corrected chi connectivity index (χ3v) is 6.49. The zero-order valence-corrected chi connectivity index (χ0v) is 19.6. The highest BCUT2D eigenvalue weighted by molar-refractivity contribution is 6.06. The maximum atomic E-state index is 13.1. The summed E-state index contributed by atoms with van der Waals surface area (Å²) in [5, 5.41) is 5.72. The van der Waals surface area contributed by atoms with E-state index in [2.05, 4.69) is 23.5 Å². The number of allylic oxidation sites excluding steroid dienone is 1. The van der Waals surface area contributed by atoms with Gasteiger partial charge < -0.3 is 10.1 Å². The third-order valence-electron chi connectivity index (χ3n) is 6.49. The standard InChI is InChI=1S/C30H28N2O3/c33-29(31-18-17-21-9-2-1-3-10-21)20-35-30(34)26-19-28(32-27-16-7-6-14-25(26)27)24-15-8-12-22-11-4-5-13-23(22)24/h4-9,11-16,19H,1-3,10,17-18,20H2,(H,31,33). The Morgan fingerprint density at radius 2 is 1.71 bits per heavy atom. The molecule has 1 aliphatic carbocycles. The quantitative estimate of drug-likeness (QED) is 0.260. The van der Waals surface area contributed by atoms with Crippen LogP contribution in [0.3, 0.4) is 0 Å². The molecule has 176 valence electrons. The maximum absolute atomic E-state index is 13.1. The van der Waals surface area contributed by atoms with Crippen LogP contribution in [0.4, 0.5) is 0 Å². The number of carbonyl (C=O) groups is 2. The summed E-state index contributed by atoms with van der Waals surface area (Å²) in [6.07, 6.45) is 7.83. The van der Waals surface area contributed by atoms with Crippen LogP contribution in [0.1, 0.15) is 42.5 Å². The monoisotopic (exact) mass is 464 g/mol. The second-order valence-corrected chi connectivity index (χ2v) is 8.88. The number of rotatable bonds is 7. The smallest absolute Gasteiger partial charge is 0.339 e. The fourth-order valence-electron chi connectivity index (χ4n) is 4.69. The first-order valence-electron chi connectivity index (χ1n) is 12.2. The molecule has 5 rings (SSSR count). The molecule has 0 atom stereocenters. The Morgan fingerprint density at radius 3 is 2.57 bits per heavy atom. The van der Waals surface area contributed by atoms with Crippen LogP contribution in [-0.4, -0.2) is 30.0 Å². The molecular weight excluding hydrogens is 436 g/mol. The van der Waals surface area contributed by atoms with Gasteiger partial charge in [-0.25, -0.2) is 9.78 Å². The van der Waals surface area contributed by atoms with E-state index in [4.69, 9.17) is 9.72 Å². The summed E-state index contributed by atoms with van der Waals surface area (Å²) < 4.78 is 5.43. The lowest BCUT2D eigenvalue weighted by Gasteiger charge is -2.13. The molecule has 5 nitrogen and oxygen atoms in total. The number of nitrogens with zero attached hydrogens (tertiary/aromatic N) is 1. The maximum Gasteiger partial charge on any atom is 0.339 e. The van der Waals surface area contributed by atoms with Gasteiger partial charge in [0, 0.05) is 17.5 Å². The highest BCUT2D eigenvalue weighted by Crippen LogP contribution is 2.30. The van der Waals surface area contributed by atoms with Crippen LogP contribution >= 0.6 is 0 Å². The SMILES string of the molecule is O=C(COC(=O)c1cc(-c2cccc3ccccc23)nc2ccccc12)NCCC1=CCCCC1. The first kappa shape index (κ1) is 22.8. The van der Waals surface area contributed by atoms with Crippen LogP contribution in [0, 0.1) is 0 Å². The topological polar surface area (TPSA) is 68.3 Å². The molecule has 0 saturated carbocycles. The number of carbonyl (C=O) groups excluding carboxylic acids is 2. The van der Waals surface area contributed by atoms with Gasteiger partial charge in [0.1, 0.15) is 0 Å². The van der Waals surface area contributed by atoms with Gasteiger partial charge in [-0.05, 0) is 55.0 Å². The summed E-state index contributed by atoms with van der Waals surface area (Å²) in [7, 11) is 0. The molecule has 0 radical (unpaired) electrons. The Labute approximate surface area is 204 Å². The van der Waals surface area contributed by atoms with Crippen LogP contribution in [0.2, 0.25) is 0 Å². The van der Waals surface area contributed by atoms with E-state index >= 15 is 0 Å². The average Bonchev–Trinajstić information content (AvgIpc) is 2.91. The minimum Gasteiger partial charge on any atom is -0.452 e. The van der Waals surface area contributed by atoms with E-state index in [9.17, 15) is 9.59 Å². The lowest BCUT2D eigenvalue weighted by atomic mass is 9.97. The lowest BCUT2D eigenvalue weighted by Crippen LogP contribution is -2.30. The van der Waals surface area contributed by atoms with Crippen molar-refractivity contribution >= 4 is 33.6 Å². The van der Waals surface area contributed by atoms with Gasteiger partial charge >= 0.3 is 5.97 Å². The van der Waals surface area contributed by atoms with Crippen molar-refractivity contribution in [2.75, 3.05) is 13.2 Å². The number of esters is 1. The highest BCUT2D eigenvalue weighted by Gasteiger charge is 2.17. The number of fused-ring (bicyclic) bond motifs is 2. The number of hydrogen-bond donors (Lipinski definition) is 1. The Kier molecular flexibility index (Phi) is 6.85. The number of nitrogens with one attached hydrogen (secondary N) is 1. The Balaban J connectivity index is 1.34. The summed E-state index contributed by atoms with van der Waals surface area (Å²) in [5.74, 6) is -0.822. The van der Waals surface area contributed by atoms with E-state index < -0.39 is 5.97 Å². The number of ether oxygens (including phenoxy) is 1. The Morgan fingerprint density at radius 1 is 0.914 bits per heavy atom. The first-order chi connectivity index (χ1) is 17.2. The fourth-order valence-corrected chi connectivity index (χ4v) is 4.69. The van der Waals surface area contributed by atoms with Gasteiger partial charge in [-0.15, -0.1) is 0 Å². The van der Waals surface area contributed by atoms with E-state index in [0.29, 0.717) is 28.7 Å². The summed E-state index contributed by atoms with van der Waals surface area (Å²) in [4.78, 5) is 30.2. The second kappa shape index (κ2) is 10.5. The van der Waals surface area contributed by atoms with Crippen molar-refractivity contribution < 1.29 is 14.3 Å². The highest BCUT2D eigenvalue weighted by atomic mass is 16.5. The Bertz CT molecular complexity index is 1420. The van der Waals surface area contributed by atoms with E-state index in [1.165, 1.54) is 18.4 Å². The largest absolute Gasteiger partial charge is 0.452 e. The molecule has 3 aromatic carbocycles. The van der Waals surface area contributed by atoms with Crippen molar-refractivity contribution in [1.29, 1.82) is 0 Å². The van der Waals surface area contributed by atoms with E-state index in [0.717, 1.165) is 35.6 Å². The van der Waals surface area contributed by atoms with Gasteiger partial charge in [0.25, 0.3) is 5.91 Å². The third kappa shape index (κ3) is 5.24. The molecule has 5 heteroatoms. The van der Waals surface area contributed by atoms with Crippen molar-refractivity contribution in [3.63, 3.8) is 0 Å². The molecule has 1 N–H and O–H groups in total. The molecular formula is C30H28N2O3. The Hall–Kier alpha value is -3.99. The van der Waals surface area contributed by atoms with Gasteiger partial charge in [-0.1, -0.05) is 72.3 Å². The fraction of sp³-hybridized carbons (Fsp3) is 0.233. The summed E-state index contributed by atoms with van der Waals surface area (Å²) in [5.41, 5.74) is 4.14. The minimum absolute atomic E-state index is 0.289. The average molecular weight is 465 g/mol. The first-order valence-corrected chi connectivity index (χ1v) is 12.2. The molecule has 0 spiro atoms. The molecule has 35 heavy (non-hydrogen) atoms. The molecule has 4 aromatic rings. The van der Waals surface area contributed by atoms with Gasteiger partial charge in [0.15, 0.2) is 6.61 Å². The molecule has 0 aliphatic heterocycles. The van der Waals surface area contributed by atoms with Gasteiger partial charge in [-0.3, -0.25) is 4.79 Å². The molecule has 0 unspecified atom stereocenters. The molecule has 0 fully saturated rings. The van der Waals surface area contributed by atoms with Crippen molar-refractivity contribution in [3.8, 4) is 11.3 Å². The molecule has 1 aliphatic rings. The van der Waals surface area contributed by atoms with Crippen molar-refractivity contribution in [2.45, 2.75) is 32.1 Å². The molecule has 1 heterocycles. The van der Waals surface area contributed by atoms with Crippen LogP contribution in [-0.2, 0) is 9.53 Å². The molecule has 0 saturated heterocycles. The van der Waals surface area contributed by atoms with Crippen molar-refractivity contribution in [1.82, 2.24) is 10.3 Å².